The minimum absolute atomic E-state index is 0.266. The number of benzene rings is 1. The van der Waals surface area contributed by atoms with Gasteiger partial charge in [-0.25, -0.2) is 0 Å². The van der Waals surface area contributed by atoms with E-state index in [1.165, 1.54) is 36.0 Å². The molecular weight excluding hydrogens is 170 g/mol. The van der Waals surface area contributed by atoms with Crippen LogP contribution in [0.5, 0.6) is 0 Å². The van der Waals surface area contributed by atoms with Crippen molar-refractivity contribution < 1.29 is 0 Å². The molecule has 2 N–H and O–H groups in total. The fraction of sp³-hybridized carbons (Fsp3) is 0.538. The predicted molar refractivity (Wildman–Crippen MR) is 60.2 cm³/mol. The lowest BCUT2D eigenvalue weighted by atomic mass is 9.77. The monoisotopic (exact) mass is 189 g/mol. The van der Waals surface area contributed by atoms with Crippen molar-refractivity contribution in [1.29, 1.82) is 0 Å². The molecule has 0 bridgehead atoms. The predicted octanol–water partition coefficient (Wildman–Crippen LogP) is 3.10. The Hall–Kier alpha value is -0.820. The molecule has 0 radical (unpaired) electrons. The molecule has 1 aliphatic rings. The highest BCUT2D eigenvalue weighted by Gasteiger charge is 2.25. The minimum Gasteiger partial charge on any atom is -0.324 e. The summed E-state index contributed by atoms with van der Waals surface area (Å²) in [7, 11) is 0. The molecule has 0 aromatic heterocycles. The van der Waals surface area contributed by atoms with E-state index in [2.05, 4.69) is 32.0 Å². The van der Waals surface area contributed by atoms with Crippen LogP contribution in [0.15, 0.2) is 18.2 Å². The number of aryl methyl sites for hydroxylation is 2. The Labute approximate surface area is 86.3 Å². The van der Waals surface area contributed by atoms with Crippen molar-refractivity contribution in [3.05, 3.63) is 34.9 Å². The lowest BCUT2D eigenvalue weighted by molar-refractivity contribution is 0.264. The summed E-state index contributed by atoms with van der Waals surface area (Å²) in [4.78, 5) is 0. The molecule has 1 aromatic rings. The van der Waals surface area contributed by atoms with Gasteiger partial charge in [0, 0.05) is 6.04 Å². The second-order valence-electron chi connectivity index (χ2n) is 4.64. The zero-order valence-corrected chi connectivity index (χ0v) is 9.09. The summed E-state index contributed by atoms with van der Waals surface area (Å²) in [6, 6.07) is 6.94. The van der Waals surface area contributed by atoms with Crippen LogP contribution < -0.4 is 5.73 Å². The van der Waals surface area contributed by atoms with Crippen LogP contribution in [-0.2, 0) is 0 Å². The van der Waals surface area contributed by atoms with Crippen LogP contribution >= 0.6 is 0 Å². The van der Waals surface area contributed by atoms with E-state index >= 15 is 0 Å². The molecule has 1 heteroatoms. The van der Waals surface area contributed by atoms with E-state index in [1.54, 1.807) is 0 Å². The molecule has 0 heterocycles. The van der Waals surface area contributed by atoms with Gasteiger partial charge >= 0.3 is 0 Å². The largest absolute Gasteiger partial charge is 0.324 e. The third-order valence-corrected chi connectivity index (χ3v) is 3.29. The average molecular weight is 189 g/mol. The summed E-state index contributed by atoms with van der Waals surface area (Å²) in [6.07, 6.45) is 3.99. The van der Waals surface area contributed by atoms with Gasteiger partial charge in [0.1, 0.15) is 0 Å². The van der Waals surface area contributed by atoms with Crippen LogP contribution in [0.1, 0.15) is 42.0 Å². The second-order valence-corrected chi connectivity index (χ2v) is 4.64. The summed E-state index contributed by atoms with van der Waals surface area (Å²) in [5.74, 6) is 0.733. The molecule has 76 valence electrons. The van der Waals surface area contributed by atoms with E-state index in [-0.39, 0.29) is 6.04 Å². The molecular formula is C13H19N. The van der Waals surface area contributed by atoms with E-state index in [1.807, 2.05) is 0 Å². The Morgan fingerprint density at radius 1 is 1.14 bits per heavy atom. The van der Waals surface area contributed by atoms with Crippen LogP contribution in [-0.4, -0.2) is 0 Å². The summed E-state index contributed by atoms with van der Waals surface area (Å²) in [5, 5.41) is 0. The van der Waals surface area contributed by atoms with Crippen molar-refractivity contribution in [3.63, 3.8) is 0 Å². The summed E-state index contributed by atoms with van der Waals surface area (Å²) in [6.45, 7) is 4.29. The Morgan fingerprint density at radius 3 is 2.14 bits per heavy atom. The fourth-order valence-electron chi connectivity index (χ4n) is 2.27. The Kier molecular flexibility index (Phi) is 2.60. The Morgan fingerprint density at radius 2 is 1.71 bits per heavy atom. The van der Waals surface area contributed by atoms with Crippen LogP contribution in [0.2, 0.25) is 0 Å². The van der Waals surface area contributed by atoms with Crippen LogP contribution in [0.4, 0.5) is 0 Å². The van der Waals surface area contributed by atoms with Crippen LogP contribution in [0, 0.1) is 19.8 Å². The minimum atomic E-state index is 0.266. The SMILES string of the molecule is Cc1cc(C)cc([C@@H](N)C2CCC2)c1. The summed E-state index contributed by atoms with van der Waals surface area (Å²) >= 11 is 0. The molecule has 14 heavy (non-hydrogen) atoms. The van der Waals surface area contributed by atoms with Crippen molar-refractivity contribution in [2.24, 2.45) is 11.7 Å². The molecule has 0 unspecified atom stereocenters. The molecule has 1 saturated carbocycles. The number of hydrogen-bond donors (Lipinski definition) is 1. The van der Waals surface area contributed by atoms with Gasteiger partial charge in [-0.1, -0.05) is 35.7 Å². The molecule has 1 nitrogen and oxygen atoms in total. The first kappa shape index (κ1) is 9.72. The average Bonchev–Trinajstić information content (AvgIpc) is 1.98. The van der Waals surface area contributed by atoms with Gasteiger partial charge in [0.25, 0.3) is 0 Å². The van der Waals surface area contributed by atoms with Crippen molar-refractivity contribution in [1.82, 2.24) is 0 Å². The van der Waals surface area contributed by atoms with Gasteiger partial charge in [-0.05, 0) is 38.2 Å². The smallest absolute Gasteiger partial charge is 0.0323 e. The zero-order valence-electron chi connectivity index (χ0n) is 9.09. The molecule has 0 spiro atoms. The summed E-state index contributed by atoms with van der Waals surface area (Å²) in [5.41, 5.74) is 10.2. The van der Waals surface area contributed by atoms with Gasteiger partial charge < -0.3 is 5.73 Å². The van der Waals surface area contributed by atoms with E-state index in [0.717, 1.165) is 5.92 Å². The third-order valence-electron chi connectivity index (χ3n) is 3.29. The molecule has 0 amide bonds. The molecule has 2 rings (SSSR count). The van der Waals surface area contributed by atoms with Crippen molar-refractivity contribution in [2.75, 3.05) is 0 Å². The fourth-order valence-corrected chi connectivity index (χ4v) is 2.27. The molecule has 1 aliphatic carbocycles. The van der Waals surface area contributed by atoms with Crippen molar-refractivity contribution >= 4 is 0 Å². The first-order valence-corrected chi connectivity index (χ1v) is 5.50. The van der Waals surface area contributed by atoms with Gasteiger partial charge in [0.05, 0.1) is 0 Å². The number of hydrogen-bond acceptors (Lipinski definition) is 1. The van der Waals surface area contributed by atoms with Gasteiger partial charge in [0.15, 0.2) is 0 Å². The van der Waals surface area contributed by atoms with E-state index in [0.29, 0.717) is 0 Å². The lowest BCUT2D eigenvalue weighted by Crippen LogP contribution is -2.26. The lowest BCUT2D eigenvalue weighted by Gasteiger charge is -2.31. The molecule has 0 saturated heterocycles. The van der Waals surface area contributed by atoms with E-state index in [4.69, 9.17) is 5.73 Å². The van der Waals surface area contributed by atoms with Gasteiger partial charge in [0.2, 0.25) is 0 Å². The Bertz CT molecular complexity index is 306. The third kappa shape index (κ3) is 1.83. The van der Waals surface area contributed by atoms with Gasteiger partial charge in [-0.15, -0.1) is 0 Å². The zero-order chi connectivity index (χ0) is 10.1. The standard InChI is InChI=1S/C13H19N/c1-9-6-10(2)8-12(7-9)13(14)11-4-3-5-11/h6-8,11,13H,3-5,14H2,1-2H3/t13-/m0/s1. The first-order chi connectivity index (χ1) is 6.66. The topological polar surface area (TPSA) is 26.0 Å². The van der Waals surface area contributed by atoms with E-state index in [9.17, 15) is 0 Å². The highest BCUT2D eigenvalue weighted by molar-refractivity contribution is 5.31. The number of nitrogens with two attached hydrogens (primary N) is 1. The molecule has 0 aliphatic heterocycles. The van der Waals surface area contributed by atoms with Crippen LogP contribution in [0.3, 0.4) is 0 Å². The highest BCUT2D eigenvalue weighted by atomic mass is 14.7. The maximum Gasteiger partial charge on any atom is 0.0323 e. The van der Waals surface area contributed by atoms with Gasteiger partial charge in [-0.2, -0.15) is 0 Å². The molecule has 1 aromatic carbocycles. The summed E-state index contributed by atoms with van der Waals surface area (Å²) < 4.78 is 0. The van der Waals surface area contributed by atoms with Crippen molar-refractivity contribution in [3.8, 4) is 0 Å². The van der Waals surface area contributed by atoms with Crippen LogP contribution in [0.25, 0.3) is 0 Å². The molecule has 1 atom stereocenters. The maximum atomic E-state index is 6.24. The maximum absolute atomic E-state index is 6.24. The van der Waals surface area contributed by atoms with Crippen molar-refractivity contribution in [2.45, 2.75) is 39.2 Å². The second kappa shape index (κ2) is 3.74. The molecule has 1 fully saturated rings. The van der Waals surface area contributed by atoms with Gasteiger partial charge in [-0.3, -0.25) is 0 Å². The normalized spacial score (nSPS) is 19.1. The Balaban J connectivity index is 2.21. The quantitative estimate of drug-likeness (QED) is 0.760. The highest BCUT2D eigenvalue weighted by Crippen LogP contribution is 2.36. The van der Waals surface area contributed by atoms with E-state index < -0.39 is 0 Å². The first-order valence-electron chi connectivity index (χ1n) is 5.50. The number of rotatable bonds is 2.